The standard InChI is InChI=1S/C25H21N5O2/c1-16(19-6-5-7-20(14-19)27-17(2)31)29-30-25(32)22-15-24(18-10-12-26-13-11-18)28-23-9-4-3-8-21(22)23/h3-15H,1-2H3,(H,27,31)(H,30,32)/b29-16-. The van der Waals surface area contributed by atoms with Gasteiger partial charge in [0.1, 0.15) is 0 Å². The number of hydrogen-bond donors (Lipinski definition) is 2. The number of hydrogen-bond acceptors (Lipinski definition) is 5. The van der Waals surface area contributed by atoms with Crippen LogP contribution in [-0.4, -0.2) is 27.5 Å². The van der Waals surface area contributed by atoms with E-state index in [4.69, 9.17) is 0 Å². The van der Waals surface area contributed by atoms with Crippen LogP contribution in [0.2, 0.25) is 0 Å². The van der Waals surface area contributed by atoms with Gasteiger partial charge in [-0.25, -0.2) is 10.4 Å². The van der Waals surface area contributed by atoms with Crippen molar-refractivity contribution in [1.29, 1.82) is 0 Å². The zero-order chi connectivity index (χ0) is 22.5. The molecule has 0 saturated carbocycles. The van der Waals surface area contributed by atoms with Crippen LogP contribution in [-0.2, 0) is 4.79 Å². The molecule has 2 N–H and O–H groups in total. The fourth-order valence-corrected chi connectivity index (χ4v) is 3.32. The molecule has 0 saturated heterocycles. The van der Waals surface area contributed by atoms with Crippen LogP contribution in [0.3, 0.4) is 0 Å². The van der Waals surface area contributed by atoms with E-state index in [1.54, 1.807) is 37.5 Å². The molecule has 2 aromatic heterocycles. The lowest BCUT2D eigenvalue weighted by Gasteiger charge is -2.10. The number of carbonyl (C=O) groups excluding carboxylic acids is 2. The zero-order valence-corrected chi connectivity index (χ0v) is 17.7. The number of para-hydroxylation sites is 1. The average Bonchev–Trinajstić information content (AvgIpc) is 2.82. The van der Waals surface area contributed by atoms with E-state index in [1.807, 2.05) is 48.5 Å². The van der Waals surface area contributed by atoms with E-state index < -0.39 is 0 Å². The predicted molar refractivity (Wildman–Crippen MR) is 125 cm³/mol. The molecule has 2 heterocycles. The van der Waals surface area contributed by atoms with Crippen molar-refractivity contribution in [1.82, 2.24) is 15.4 Å². The van der Waals surface area contributed by atoms with Gasteiger partial charge in [0.25, 0.3) is 5.91 Å². The lowest BCUT2D eigenvalue weighted by molar-refractivity contribution is -0.114. The van der Waals surface area contributed by atoms with Crippen molar-refractivity contribution in [3.63, 3.8) is 0 Å². The number of aromatic nitrogens is 2. The molecular formula is C25H21N5O2. The molecule has 0 fully saturated rings. The van der Waals surface area contributed by atoms with E-state index in [0.29, 0.717) is 22.7 Å². The van der Waals surface area contributed by atoms with Gasteiger partial charge in [0, 0.05) is 36.0 Å². The molecule has 4 rings (SSSR count). The number of nitrogens with zero attached hydrogens (tertiary/aromatic N) is 3. The third-order valence-electron chi connectivity index (χ3n) is 4.86. The fraction of sp³-hybridized carbons (Fsp3) is 0.0800. The number of amides is 2. The smallest absolute Gasteiger partial charge is 0.272 e. The van der Waals surface area contributed by atoms with Gasteiger partial charge in [0.15, 0.2) is 0 Å². The second-order valence-corrected chi connectivity index (χ2v) is 7.21. The number of benzene rings is 2. The highest BCUT2D eigenvalue weighted by Gasteiger charge is 2.14. The first-order valence-electron chi connectivity index (χ1n) is 10.0. The van der Waals surface area contributed by atoms with Crippen LogP contribution < -0.4 is 10.7 Å². The van der Waals surface area contributed by atoms with Crippen molar-refractivity contribution in [2.24, 2.45) is 5.10 Å². The molecule has 4 aromatic rings. The van der Waals surface area contributed by atoms with E-state index in [0.717, 1.165) is 22.0 Å². The van der Waals surface area contributed by atoms with Crippen molar-refractivity contribution in [3.8, 4) is 11.3 Å². The second-order valence-electron chi connectivity index (χ2n) is 7.21. The van der Waals surface area contributed by atoms with Crippen LogP contribution >= 0.6 is 0 Å². The van der Waals surface area contributed by atoms with Gasteiger partial charge in [-0.1, -0.05) is 30.3 Å². The van der Waals surface area contributed by atoms with E-state index in [9.17, 15) is 9.59 Å². The van der Waals surface area contributed by atoms with Crippen LogP contribution in [0.15, 0.2) is 84.2 Å². The van der Waals surface area contributed by atoms with Crippen molar-refractivity contribution in [2.75, 3.05) is 5.32 Å². The van der Waals surface area contributed by atoms with Crippen LogP contribution in [0, 0.1) is 0 Å². The van der Waals surface area contributed by atoms with Crippen LogP contribution in [0.5, 0.6) is 0 Å². The van der Waals surface area contributed by atoms with E-state index >= 15 is 0 Å². The van der Waals surface area contributed by atoms with Crippen molar-refractivity contribution in [2.45, 2.75) is 13.8 Å². The molecule has 2 aromatic carbocycles. The maximum atomic E-state index is 13.1. The van der Waals surface area contributed by atoms with Crippen LogP contribution in [0.25, 0.3) is 22.2 Å². The van der Waals surface area contributed by atoms with Crippen LogP contribution in [0.4, 0.5) is 5.69 Å². The SMILES string of the molecule is CC(=O)Nc1cccc(/C(C)=N\NC(=O)c2cc(-c3ccncc3)nc3ccccc23)c1. The molecule has 0 radical (unpaired) electrons. The normalized spacial score (nSPS) is 11.2. The number of hydrazone groups is 1. The summed E-state index contributed by atoms with van der Waals surface area (Å²) in [7, 11) is 0. The van der Waals surface area contributed by atoms with E-state index in [-0.39, 0.29) is 11.8 Å². The lowest BCUT2D eigenvalue weighted by atomic mass is 10.0. The first-order valence-corrected chi connectivity index (χ1v) is 10.0. The Labute approximate surface area is 185 Å². The summed E-state index contributed by atoms with van der Waals surface area (Å²) in [5.74, 6) is -0.490. The Bertz CT molecular complexity index is 1330. The highest BCUT2D eigenvalue weighted by molar-refractivity contribution is 6.08. The number of carbonyl (C=O) groups is 2. The molecule has 0 atom stereocenters. The van der Waals surface area contributed by atoms with Gasteiger partial charge in [-0.15, -0.1) is 0 Å². The minimum atomic E-state index is -0.337. The van der Waals surface area contributed by atoms with Crippen molar-refractivity contribution in [3.05, 3.63) is 90.3 Å². The summed E-state index contributed by atoms with van der Waals surface area (Å²) in [6.07, 6.45) is 3.38. The third-order valence-corrected chi connectivity index (χ3v) is 4.86. The molecular weight excluding hydrogens is 402 g/mol. The monoisotopic (exact) mass is 423 g/mol. The lowest BCUT2D eigenvalue weighted by Crippen LogP contribution is -2.20. The average molecular weight is 423 g/mol. The predicted octanol–water partition coefficient (Wildman–Crippen LogP) is 4.41. The Morgan fingerprint density at radius 3 is 2.47 bits per heavy atom. The first kappa shape index (κ1) is 20.9. The molecule has 32 heavy (non-hydrogen) atoms. The highest BCUT2D eigenvalue weighted by Crippen LogP contribution is 2.24. The first-order chi connectivity index (χ1) is 15.5. The van der Waals surface area contributed by atoms with Gasteiger partial charge in [-0.2, -0.15) is 5.10 Å². The van der Waals surface area contributed by atoms with Gasteiger partial charge >= 0.3 is 0 Å². The molecule has 7 nitrogen and oxygen atoms in total. The summed E-state index contributed by atoms with van der Waals surface area (Å²) in [6, 6.07) is 20.2. The van der Waals surface area contributed by atoms with Gasteiger partial charge < -0.3 is 5.32 Å². The quantitative estimate of drug-likeness (QED) is 0.367. The highest BCUT2D eigenvalue weighted by atomic mass is 16.2. The number of pyridine rings is 2. The van der Waals surface area contributed by atoms with E-state index in [1.165, 1.54) is 6.92 Å². The number of anilines is 1. The van der Waals surface area contributed by atoms with Gasteiger partial charge in [0.2, 0.25) is 5.91 Å². The fourth-order valence-electron chi connectivity index (χ4n) is 3.32. The van der Waals surface area contributed by atoms with Crippen molar-refractivity contribution < 1.29 is 9.59 Å². The summed E-state index contributed by atoms with van der Waals surface area (Å²) in [5.41, 5.74) is 7.46. The minimum absolute atomic E-state index is 0.153. The summed E-state index contributed by atoms with van der Waals surface area (Å²) in [6.45, 7) is 3.24. The largest absolute Gasteiger partial charge is 0.326 e. The summed E-state index contributed by atoms with van der Waals surface area (Å²) >= 11 is 0. The minimum Gasteiger partial charge on any atom is -0.326 e. The van der Waals surface area contributed by atoms with E-state index in [2.05, 4.69) is 25.8 Å². The maximum Gasteiger partial charge on any atom is 0.272 e. The Kier molecular flexibility index (Phi) is 5.98. The van der Waals surface area contributed by atoms with Crippen LogP contribution in [0.1, 0.15) is 29.8 Å². The molecule has 158 valence electrons. The van der Waals surface area contributed by atoms with Crippen molar-refractivity contribution >= 4 is 34.1 Å². The Morgan fingerprint density at radius 2 is 1.69 bits per heavy atom. The molecule has 2 amide bonds. The summed E-state index contributed by atoms with van der Waals surface area (Å²) in [5, 5.41) is 7.75. The molecule has 0 aliphatic rings. The topological polar surface area (TPSA) is 96.3 Å². The number of rotatable bonds is 5. The summed E-state index contributed by atoms with van der Waals surface area (Å²) in [4.78, 5) is 33.1. The Hall–Kier alpha value is -4.39. The molecule has 0 aliphatic heterocycles. The van der Waals surface area contributed by atoms with Gasteiger partial charge in [0.05, 0.1) is 22.5 Å². The molecule has 0 bridgehead atoms. The Balaban J connectivity index is 1.65. The Morgan fingerprint density at radius 1 is 0.906 bits per heavy atom. The van der Waals surface area contributed by atoms with Gasteiger partial charge in [-0.3, -0.25) is 14.6 Å². The molecule has 0 aliphatic carbocycles. The number of nitrogens with one attached hydrogen (secondary N) is 2. The third kappa shape index (κ3) is 4.67. The molecule has 0 spiro atoms. The maximum absolute atomic E-state index is 13.1. The second kappa shape index (κ2) is 9.18. The molecule has 7 heteroatoms. The zero-order valence-electron chi connectivity index (χ0n) is 17.7. The molecule has 0 unspecified atom stereocenters. The summed E-state index contributed by atoms with van der Waals surface area (Å²) < 4.78 is 0. The van der Waals surface area contributed by atoms with Gasteiger partial charge in [-0.05, 0) is 48.9 Å². The number of fused-ring (bicyclic) bond motifs is 1.